The lowest BCUT2D eigenvalue weighted by Crippen LogP contribution is -2.47. The normalized spacial score (nSPS) is 16.5. The van der Waals surface area contributed by atoms with Crippen LogP contribution in [-0.4, -0.2) is 29.9 Å². The summed E-state index contributed by atoms with van der Waals surface area (Å²) < 4.78 is 0. The first-order chi connectivity index (χ1) is 9.11. The number of likely N-dealkylation sites (N-methyl/N-ethyl adjacent to an activating group) is 1. The summed E-state index contributed by atoms with van der Waals surface area (Å²) in [7, 11) is 2.01. The number of carbonyl (C=O) groups excluding carboxylic acids is 1. The zero-order valence-corrected chi connectivity index (χ0v) is 11.4. The SMILES string of the molecule is CC(C(=O)Nc1ccc(C#N)cc1)N(C)C1CCC1. The van der Waals surface area contributed by atoms with Crippen LogP contribution in [-0.2, 0) is 4.79 Å². The molecule has 1 aliphatic carbocycles. The number of anilines is 1. The summed E-state index contributed by atoms with van der Waals surface area (Å²) in [5.41, 5.74) is 1.33. The van der Waals surface area contributed by atoms with Crippen LogP contribution in [0.2, 0.25) is 0 Å². The van der Waals surface area contributed by atoms with Gasteiger partial charge in [0, 0.05) is 11.7 Å². The Balaban J connectivity index is 1.93. The summed E-state index contributed by atoms with van der Waals surface area (Å²) in [5, 5.41) is 11.6. The third kappa shape index (κ3) is 3.12. The summed E-state index contributed by atoms with van der Waals surface area (Å²) in [5.74, 6) is -0.000826. The van der Waals surface area contributed by atoms with Gasteiger partial charge in [-0.1, -0.05) is 6.42 Å². The van der Waals surface area contributed by atoms with Gasteiger partial charge in [0.05, 0.1) is 17.7 Å². The molecule has 1 N–H and O–H groups in total. The summed E-state index contributed by atoms with van der Waals surface area (Å²) in [6, 6.07) is 9.38. The third-order valence-electron chi connectivity index (χ3n) is 3.92. The molecule has 0 aromatic heterocycles. The van der Waals surface area contributed by atoms with Gasteiger partial charge in [-0.2, -0.15) is 5.26 Å². The Morgan fingerprint density at radius 1 is 1.42 bits per heavy atom. The van der Waals surface area contributed by atoms with Crippen molar-refractivity contribution in [2.24, 2.45) is 0 Å². The first kappa shape index (κ1) is 13.6. The van der Waals surface area contributed by atoms with Crippen molar-refractivity contribution in [2.45, 2.75) is 38.3 Å². The lowest BCUT2D eigenvalue weighted by atomic mass is 9.91. The van der Waals surface area contributed by atoms with Crippen molar-refractivity contribution in [3.8, 4) is 6.07 Å². The van der Waals surface area contributed by atoms with Crippen LogP contribution in [0.3, 0.4) is 0 Å². The Morgan fingerprint density at radius 3 is 2.53 bits per heavy atom. The summed E-state index contributed by atoms with van der Waals surface area (Å²) in [6.07, 6.45) is 3.63. The minimum absolute atomic E-state index is 0.000826. The van der Waals surface area contributed by atoms with E-state index in [2.05, 4.69) is 16.3 Å². The fraction of sp³-hybridized carbons (Fsp3) is 0.467. The van der Waals surface area contributed by atoms with Gasteiger partial charge < -0.3 is 5.32 Å². The van der Waals surface area contributed by atoms with Crippen LogP contribution in [0.4, 0.5) is 5.69 Å². The zero-order valence-electron chi connectivity index (χ0n) is 11.4. The van der Waals surface area contributed by atoms with Gasteiger partial charge >= 0.3 is 0 Å². The van der Waals surface area contributed by atoms with Crippen molar-refractivity contribution in [1.82, 2.24) is 4.90 Å². The molecule has 19 heavy (non-hydrogen) atoms. The Hall–Kier alpha value is -1.86. The average molecular weight is 257 g/mol. The van der Waals surface area contributed by atoms with E-state index in [-0.39, 0.29) is 11.9 Å². The van der Waals surface area contributed by atoms with Crippen molar-refractivity contribution in [1.29, 1.82) is 5.26 Å². The van der Waals surface area contributed by atoms with Crippen molar-refractivity contribution >= 4 is 11.6 Å². The number of benzene rings is 1. The lowest BCUT2D eigenvalue weighted by Gasteiger charge is -2.37. The fourth-order valence-corrected chi connectivity index (χ4v) is 2.17. The Bertz CT molecular complexity index is 485. The molecule has 1 amide bonds. The highest BCUT2D eigenvalue weighted by molar-refractivity contribution is 5.94. The molecule has 2 rings (SSSR count). The number of rotatable bonds is 4. The molecular weight excluding hydrogens is 238 g/mol. The number of hydrogen-bond donors (Lipinski definition) is 1. The minimum atomic E-state index is -0.138. The van der Waals surface area contributed by atoms with Crippen molar-refractivity contribution < 1.29 is 4.79 Å². The number of nitriles is 1. The average Bonchev–Trinajstić information content (AvgIpc) is 2.36. The van der Waals surface area contributed by atoms with Crippen LogP contribution in [0, 0.1) is 11.3 Å². The van der Waals surface area contributed by atoms with Crippen molar-refractivity contribution in [2.75, 3.05) is 12.4 Å². The maximum atomic E-state index is 12.1. The predicted molar refractivity (Wildman–Crippen MR) is 74.7 cm³/mol. The van der Waals surface area contributed by atoms with Gasteiger partial charge in [0.15, 0.2) is 0 Å². The van der Waals surface area contributed by atoms with Gasteiger partial charge in [0.1, 0.15) is 0 Å². The number of nitrogens with one attached hydrogen (secondary N) is 1. The first-order valence-electron chi connectivity index (χ1n) is 6.65. The van der Waals surface area contributed by atoms with E-state index >= 15 is 0 Å². The summed E-state index contributed by atoms with van der Waals surface area (Å²) >= 11 is 0. The summed E-state index contributed by atoms with van der Waals surface area (Å²) in [6.45, 7) is 1.93. The van der Waals surface area contributed by atoms with E-state index in [4.69, 9.17) is 5.26 Å². The van der Waals surface area contributed by atoms with Gasteiger partial charge in [-0.3, -0.25) is 9.69 Å². The fourth-order valence-electron chi connectivity index (χ4n) is 2.17. The maximum absolute atomic E-state index is 12.1. The first-order valence-corrected chi connectivity index (χ1v) is 6.65. The second-order valence-corrected chi connectivity index (χ2v) is 5.10. The molecule has 1 aromatic rings. The highest BCUT2D eigenvalue weighted by Crippen LogP contribution is 2.25. The van der Waals surface area contributed by atoms with Gasteiger partial charge in [0.25, 0.3) is 0 Å². The molecule has 1 aromatic carbocycles. The quantitative estimate of drug-likeness (QED) is 0.901. The minimum Gasteiger partial charge on any atom is -0.325 e. The van der Waals surface area contributed by atoms with E-state index < -0.39 is 0 Å². The molecule has 1 atom stereocenters. The van der Waals surface area contributed by atoms with E-state index in [9.17, 15) is 4.79 Å². The molecule has 1 fully saturated rings. The predicted octanol–water partition coefficient (Wildman–Crippen LogP) is 2.37. The molecule has 0 bridgehead atoms. The van der Waals surface area contributed by atoms with E-state index in [0.717, 1.165) is 5.69 Å². The van der Waals surface area contributed by atoms with Gasteiger partial charge in [-0.15, -0.1) is 0 Å². The largest absolute Gasteiger partial charge is 0.325 e. The van der Waals surface area contributed by atoms with Crippen molar-refractivity contribution in [3.63, 3.8) is 0 Å². The van der Waals surface area contributed by atoms with Crippen LogP contribution in [0.1, 0.15) is 31.7 Å². The maximum Gasteiger partial charge on any atom is 0.241 e. The molecule has 1 unspecified atom stereocenters. The number of amides is 1. The molecule has 0 heterocycles. The van der Waals surface area contributed by atoms with E-state index in [1.54, 1.807) is 24.3 Å². The topological polar surface area (TPSA) is 56.1 Å². The smallest absolute Gasteiger partial charge is 0.241 e. The van der Waals surface area contributed by atoms with Crippen LogP contribution < -0.4 is 5.32 Å². The zero-order chi connectivity index (χ0) is 13.8. The number of nitrogens with zero attached hydrogens (tertiary/aromatic N) is 2. The Morgan fingerprint density at radius 2 is 2.05 bits per heavy atom. The second-order valence-electron chi connectivity index (χ2n) is 5.10. The van der Waals surface area contributed by atoms with E-state index in [1.807, 2.05) is 14.0 Å². The number of carbonyl (C=O) groups is 1. The van der Waals surface area contributed by atoms with E-state index in [1.165, 1.54) is 19.3 Å². The standard InChI is InChI=1S/C15H19N3O/c1-11(18(2)14-4-3-5-14)15(19)17-13-8-6-12(10-16)7-9-13/h6-9,11,14H,3-5H2,1-2H3,(H,17,19). The monoisotopic (exact) mass is 257 g/mol. The van der Waals surface area contributed by atoms with Crippen LogP contribution >= 0.6 is 0 Å². The Kier molecular flexibility index (Phi) is 4.18. The van der Waals surface area contributed by atoms with Gasteiger partial charge in [0.2, 0.25) is 5.91 Å². The molecule has 1 saturated carbocycles. The van der Waals surface area contributed by atoms with Gasteiger partial charge in [-0.05, 0) is 51.1 Å². The van der Waals surface area contributed by atoms with Crippen LogP contribution in [0.25, 0.3) is 0 Å². The van der Waals surface area contributed by atoms with E-state index in [0.29, 0.717) is 11.6 Å². The van der Waals surface area contributed by atoms with Crippen LogP contribution in [0.5, 0.6) is 0 Å². The lowest BCUT2D eigenvalue weighted by molar-refractivity contribution is -0.121. The second kappa shape index (κ2) is 5.85. The molecule has 0 spiro atoms. The Labute approximate surface area is 114 Å². The molecule has 100 valence electrons. The summed E-state index contributed by atoms with van der Waals surface area (Å²) in [4.78, 5) is 14.3. The molecule has 1 aliphatic rings. The van der Waals surface area contributed by atoms with Gasteiger partial charge in [-0.25, -0.2) is 0 Å². The molecule has 0 aliphatic heterocycles. The molecule has 0 saturated heterocycles. The third-order valence-corrected chi connectivity index (χ3v) is 3.92. The molecular formula is C15H19N3O. The number of hydrogen-bond acceptors (Lipinski definition) is 3. The molecule has 0 radical (unpaired) electrons. The molecule has 4 nitrogen and oxygen atoms in total. The highest BCUT2D eigenvalue weighted by Gasteiger charge is 2.28. The van der Waals surface area contributed by atoms with Crippen LogP contribution in [0.15, 0.2) is 24.3 Å². The molecule has 4 heteroatoms. The highest BCUT2D eigenvalue weighted by atomic mass is 16.2. The van der Waals surface area contributed by atoms with Crippen molar-refractivity contribution in [3.05, 3.63) is 29.8 Å².